The van der Waals surface area contributed by atoms with Crippen molar-refractivity contribution in [3.05, 3.63) is 59.8 Å². The molecule has 2 aromatic rings. The van der Waals surface area contributed by atoms with Crippen LogP contribution in [0.4, 0.5) is 4.39 Å². The van der Waals surface area contributed by atoms with Crippen LogP contribution in [0, 0.1) is 5.82 Å². The smallest absolute Gasteiger partial charge is 0.244 e. The molecule has 0 spiro atoms. The van der Waals surface area contributed by atoms with Crippen LogP contribution < -0.4 is 5.43 Å². The lowest BCUT2D eigenvalue weighted by Gasteiger charge is -1.99. The summed E-state index contributed by atoms with van der Waals surface area (Å²) in [5.74, 6) is -0.0449. The van der Waals surface area contributed by atoms with E-state index in [4.69, 9.17) is 4.42 Å². The Balaban J connectivity index is 1.84. The van der Waals surface area contributed by atoms with Gasteiger partial charge in [0.05, 0.1) is 18.9 Å². The van der Waals surface area contributed by atoms with Crippen LogP contribution >= 0.6 is 0 Å². The Morgan fingerprint density at radius 3 is 2.78 bits per heavy atom. The van der Waals surface area contributed by atoms with E-state index >= 15 is 0 Å². The van der Waals surface area contributed by atoms with Crippen LogP contribution in [0.5, 0.6) is 0 Å². The number of halogens is 1. The molecule has 1 heterocycles. The largest absolute Gasteiger partial charge is 0.463 e. The molecule has 1 N–H and O–H groups in total. The van der Waals surface area contributed by atoms with Crippen molar-refractivity contribution in [2.24, 2.45) is 5.10 Å². The van der Waals surface area contributed by atoms with Crippen molar-refractivity contribution < 1.29 is 13.6 Å². The molecular weight excluding hydrogens is 235 g/mol. The lowest BCUT2D eigenvalue weighted by Crippen LogP contribution is -2.19. The summed E-state index contributed by atoms with van der Waals surface area (Å²) in [5, 5.41) is 3.74. The van der Waals surface area contributed by atoms with E-state index in [0.29, 0.717) is 5.76 Å². The van der Waals surface area contributed by atoms with E-state index in [2.05, 4.69) is 10.5 Å². The number of rotatable bonds is 4. The van der Waals surface area contributed by atoms with Crippen molar-refractivity contribution in [3.63, 3.8) is 0 Å². The zero-order chi connectivity index (χ0) is 12.8. The van der Waals surface area contributed by atoms with Crippen molar-refractivity contribution in [3.8, 4) is 0 Å². The Morgan fingerprint density at radius 1 is 1.33 bits per heavy atom. The minimum atomic E-state index is -0.324. The summed E-state index contributed by atoms with van der Waals surface area (Å²) >= 11 is 0. The number of carbonyl (C=O) groups is 1. The van der Waals surface area contributed by atoms with E-state index < -0.39 is 0 Å². The van der Waals surface area contributed by atoms with Gasteiger partial charge in [0.15, 0.2) is 0 Å². The molecular formula is C13H11FN2O2. The van der Waals surface area contributed by atoms with Gasteiger partial charge >= 0.3 is 0 Å². The van der Waals surface area contributed by atoms with Gasteiger partial charge in [0.25, 0.3) is 0 Å². The van der Waals surface area contributed by atoms with Crippen molar-refractivity contribution in [1.29, 1.82) is 0 Å². The molecule has 0 saturated heterocycles. The van der Waals surface area contributed by atoms with Crippen LogP contribution in [0.2, 0.25) is 0 Å². The first-order valence-corrected chi connectivity index (χ1v) is 5.34. The first-order chi connectivity index (χ1) is 8.74. The summed E-state index contributed by atoms with van der Waals surface area (Å²) in [6.45, 7) is 0. The number of furan rings is 1. The normalized spacial score (nSPS) is 10.7. The second kappa shape index (κ2) is 5.77. The maximum atomic E-state index is 12.6. The fourth-order valence-electron chi connectivity index (χ4n) is 1.36. The van der Waals surface area contributed by atoms with Gasteiger partial charge in [-0.3, -0.25) is 4.79 Å². The quantitative estimate of drug-likeness (QED) is 0.663. The van der Waals surface area contributed by atoms with Crippen LogP contribution in [0.3, 0.4) is 0 Å². The highest BCUT2D eigenvalue weighted by atomic mass is 19.1. The number of benzene rings is 1. The average Bonchev–Trinajstić information content (AvgIpc) is 2.85. The standard InChI is InChI=1S/C13H11FN2O2/c14-11-5-3-10(4-6-11)8-13(17)16-15-9-12-2-1-7-18-12/h1-7,9H,8H2,(H,16,17). The zero-order valence-corrected chi connectivity index (χ0v) is 9.47. The molecule has 5 heteroatoms. The minimum absolute atomic E-state index is 0.149. The highest BCUT2D eigenvalue weighted by Gasteiger charge is 2.02. The summed E-state index contributed by atoms with van der Waals surface area (Å²) in [4.78, 5) is 11.5. The number of carbonyl (C=O) groups excluding carboxylic acids is 1. The van der Waals surface area contributed by atoms with E-state index in [9.17, 15) is 9.18 Å². The Bertz CT molecular complexity index is 533. The van der Waals surface area contributed by atoms with Gasteiger partial charge in [0.1, 0.15) is 11.6 Å². The fraction of sp³-hybridized carbons (Fsp3) is 0.0769. The van der Waals surface area contributed by atoms with Crippen LogP contribution in [0.15, 0.2) is 52.2 Å². The van der Waals surface area contributed by atoms with E-state index in [1.807, 2.05) is 0 Å². The van der Waals surface area contributed by atoms with E-state index in [-0.39, 0.29) is 18.1 Å². The molecule has 0 aliphatic carbocycles. The lowest BCUT2D eigenvalue weighted by molar-refractivity contribution is -0.120. The maximum Gasteiger partial charge on any atom is 0.244 e. The number of nitrogens with zero attached hydrogens (tertiary/aromatic N) is 1. The topological polar surface area (TPSA) is 54.6 Å². The Kier molecular flexibility index (Phi) is 3.86. The second-order valence-corrected chi connectivity index (χ2v) is 3.61. The van der Waals surface area contributed by atoms with Gasteiger partial charge in [-0.1, -0.05) is 12.1 Å². The third kappa shape index (κ3) is 3.55. The van der Waals surface area contributed by atoms with E-state index in [1.54, 1.807) is 24.3 Å². The summed E-state index contributed by atoms with van der Waals surface area (Å²) in [7, 11) is 0. The summed E-state index contributed by atoms with van der Waals surface area (Å²) < 4.78 is 17.7. The molecule has 0 unspecified atom stereocenters. The molecule has 0 fully saturated rings. The van der Waals surface area contributed by atoms with Crippen molar-refractivity contribution in [2.75, 3.05) is 0 Å². The SMILES string of the molecule is O=C(Cc1ccc(F)cc1)NN=Cc1ccco1. The molecule has 0 bridgehead atoms. The number of hydrogen-bond acceptors (Lipinski definition) is 3. The third-order valence-corrected chi connectivity index (χ3v) is 2.20. The molecule has 2 rings (SSSR count). The van der Waals surface area contributed by atoms with Gasteiger partial charge in [-0.2, -0.15) is 5.10 Å². The Morgan fingerprint density at radius 2 is 2.11 bits per heavy atom. The monoisotopic (exact) mass is 246 g/mol. The first kappa shape index (κ1) is 12.0. The minimum Gasteiger partial charge on any atom is -0.463 e. The third-order valence-electron chi connectivity index (χ3n) is 2.20. The second-order valence-electron chi connectivity index (χ2n) is 3.61. The Labute approximate surface area is 103 Å². The summed E-state index contributed by atoms with van der Waals surface area (Å²) in [5.41, 5.74) is 3.08. The Hall–Kier alpha value is -2.43. The molecule has 0 saturated carbocycles. The van der Waals surface area contributed by atoms with Gasteiger partial charge in [0.2, 0.25) is 5.91 Å². The molecule has 1 amide bonds. The van der Waals surface area contributed by atoms with Crippen LogP contribution in [0.25, 0.3) is 0 Å². The lowest BCUT2D eigenvalue weighted by atomic mass is 10.1. The molecule has 1 aromatic heterocycles. The van der Waals surface area contributed by atoms with Gasteiger partial charge in [-0.25, -0.2) is 9.82 Å². The molecule has 0 atom stereocenters. The van der Waals surface area contributed by atoms with Crippen molar-refractivity contribution in [2.45, 2.75) is 6.42 Å². The zero-order valence-electron chi connectivity index (χ0n) is 9.47. The predicted octanol–water partition coefficient (Wildman–Crippen LogP) is 2.11. The van der Waals surface area contributed by atoms with Gasteiger partial charge < -0.3 is 4.42 Å². The van der Waals surface area contributed by atoms with Crippen molar-refractivity contribution in [1.82, 2.24) is 5.43 Å². The highest BCUT2D eigenvalue weighted by molar-refractivity contribution is 5.81. The number of amides is 1. The average molecular weight is 246 g/mol. The van der Waals surface area contributed by atoms with Gasteiger partial charge in [-0.05, 0) is 29.8 Å². The van der Waals surface area contributed by atoms with Crippen LogP contribution in [-0.2, 0) is 11.2 Å². The highest BCUT2D eigenvalue weighted by Crippen LogP contribution is 2.03. The van der Waals surface area contributed by atoms with Crippen LogP contribution in [0.1, 0.15) is 11.3 Å². The van der Waals surface area contributed by atoms with E-state index in [0.717, 1.165) is 5.56 Å². The molecule has 0 aliphatic rings. The number of hydrogen-bond donors (Lipinski definition) is 1. The molecule has 92 valence electrons. The number of hydrazone groups is 1. The van der Waals surface area contributed by atoms with Gasteiger partial charge in [0, 0.05) is 0 Å². The first-order valence-electron chi connectivity index (χ1n) is 5.34. The maximum absolute atomic E-state index is 12.6. The molecule has 18 heavy (non-hydrogen) atoms. The molecule has 1 aromatic carbocycles. The molecule has 4 nitrogen and oxygen atoms in total. The molecule has 0 radical (unpaired) electrons. The number of nitrogens with one attached hydrogen (secondary N) is 1. The van der Waals surface area contributed by atoms with Crippen LogP contribution in [-0.4, -0.2) is 12.1 Å². The fourth-order valence-corrected chi connectivity index (χ4v) is 1.36. The molecule has 0 aliphatic heterocycles. The summed E-state index contributed by atoms with van der Waals surface area (Å²) in [6, 6.07) is 9.19. The van der Waals surface area contributed by atoms with Crippen molar-refractivity contribution >= 4 is 12.1 Å². The van der Waals surface area contributed by atoms with Gasteiger partial charge in [-0.15, -0.1) is 0 Å². The van der Waals surface area contributed by atoms with E-state index in [1.165, 1.54) is 24.6 Å². The summed E-state index contributed by atoms with van der Waals surface area (Å²) in [6.07, 6.45) is 3.07. The predicted molar refractivity (Wildman–Crippen MR) is 64.5 cm³/mol.